The zero-order valence-electron chi connectivity index (χ0n) is 14.8. The lowest BCUT2D eigenvalue weighted by Gasteiger charge is -2.12. The van der Waals surface area contributed by atoms with Crippen LogP contribution in [0.1, 0.15) is 5.56 Å². The number of carbonyl (C=O) groups is 1. The van der Waals surface area contributed by atoms with Gasteiger partial charge in [-0.2, -0.15) is 0 Å². The first-order valence-corrected chi connectivity index (χ1v) is 8.30. The fourth-order valence-electron chi connectivity index (χ4n) is 2.71. The monoisotopic (exact) mass is 363 g/mol. The topological polar surface area (TPSA) is 64.0 Å². The number of benzene rings is 1. The molecule has 1 N–H and O–H groups in total. The standard InChI is InChI=1S/C21H18FN3O2/c1-3-20(26)24-13-15-12-23-19(14-6-8-16(22)9-7-14)11-18(15)17-5-4-10-25(2)21(17)27/h3-12H,1,13H2,2H3,(H,24,26). The van der Waals surface area contributed by atoms with Crippen LogP contribution in [-0.2, 0) is 18.4 Å². The Bertz CT molecular complexity index is 1060. The highest BCUT2D eigenvalue weighted by molar-refractivity contribution is 5.87. The molecule has 1 aromatic carbocycles. The van der Waals surface area contributed by atoms with Gasteiger partial charge in [-0.3, -0.25) is 14.6 Å². The zero-order valence-corrected chi connectivity index (χ0v) is 14.8. The van der Waals surface area contributed by atoms with Crippen molar-refractivity contribution in [3.05, 3.63) is 89.2 Å². The molecule has 2 heterocycles. The first-order valence-electron chi connectivity index (χ1n) is 8.30. The third kappa shape index (κ3) is 4.00. The highest BCUT2D eigenvalue weighted by Gasteiger charge is 2.13. The third-order valence-electron chi connectivity index (χ3n) is 4.18. The SMILES string of the molecule is C=CC(=O)NCc1cnc(-c2ccc(F)cc2)cc1-c1cccn(C)c1=O. The van der Waals surface area contributed by atoms with Crippen LogP contribution in [0.15, 0.2) is 72.3 Å². The molecule has 0 aliphatic heterocycles. The lowest BCUT2D eigenvalue weighted by Crippen LogP contribution is -2.22. The average molecular weight is 363 g/mol. The summed E-state index contributed by atoms with van der Waals surface area (Å²) in [6, 6.07) is 11.3. The number of nitrogens with one attached hydrogen (secondary N) is 1. The van der Waals surface area contributed by atoms with Gasteiger partial charge >= 0.3 is 0 Å². The van der Waals surface area contributed by atoms with Crippen LogP contribution in [0.4, 0.5) is 4.39 Å². The number of carbonyl (C=O) groups excluding carboxylic acids is 1. The minimum atomic E-state index is -0.334. The maximum atomic E-state index is 13.2. The number of aromatic nitrogens is 2. The molecule has 0 bridgehead atoms. The second kappa shape index (κ2) is 7.78. The quantitative estimate of drug-likeness (QED) is 0.709. The summed E-state index contributed by atoms with van der Waals surface area (Å²) < 4.78 is 14.7. The van der Waals surface area contributed by atoms with Gasteiger partial charge in [-0.15, -0.1) is 0 Å². The number of nitrogens with zero attached hydrogens (tertiary/aromatic N) is 2. The van der Waals surface area contributed by atoms with Crippen LogP contribution in [0.5, 0.6) is 0 Å². The van der Waals surface area contributed by atoms with Crippen LogP contribution in [0.3, 0.4) is 0 Å². The summed E-state index contributed by atoms with van der Waals surface area (Å²) in [6.07, 6.45) is 4.47. The van der Waals surface area contributed by atoms with Crippen LogP contribution >= 0.6 is 0 Å². The Kier molecular flexibility index (Phi) is 5.26. The number of hydrogen-bond acceptors (Lipinski definition) is 3. The Hall–Kier alpha value is -3.54. The molecule has 1 amide bonds. The number of amides is 1. The number of pyridine rings is 2. The van der Waals surface area contributed by atoms with E-state index >= 15 is 0 Å². The first-order chi connectivity index (χ1) is 13.0. The number of halogens is 1. The van der Waals surface area contributed by atoms with Crippen molar-refractivity contribution in [1.29, 1.82) is 0 Å². The van der Waals surface area contributed by atoms with Crippen LogP contribution < -0.4 is 10.9 Å². The van der Waals surface area contributed by atoms with Crippen molar-refractivity contribution in [3.63, 3.8) is 0 Å². The molecular weight excluding hydrogens is 345 g/mol. The Morgan fingerprint density at radius 1 is 1.26 bits per heavy atom. The minimum Gasteiger partial charge on any atom is -0.348 e. The van der Waals surface area contributed by atoms with E-state index in [0.29, 0.717) is 22.4 Å². The molecule has 0 saturated carbocycles. The lowest BCUT2D eigenvalue weighted by molar-refractivity contribution is -0.116. The Morgan fingerprint density at radius 2 is 2.00 bits per heavy atom. The average Bonchev–Trinajstić information content (AvgIpc) is 2.69. The Morgan fingerprint density at radius 3 is 2.70 bits per heavy atom. The molecule has 6 heteroatoms. The maximum absolute atomic E-state index is 13.2. The van der Waals surface area contributed by atoms with E-state index in [2.05, 4.69) is 16.9 Å². The summed E-state index contributed by atoms with van der Waals surface area (Å²) in [6.45, 7) is 3.63. The zero-order chi connectivity index (χ0) is 19.4. The Labute approximate surface area is 155 Å². The van der Waals surface area contributed by atoms with Gasteiger partial charge in [0.2, 0.25) is 5.91 Å². The lowest BCUT2D eigenvalue weighted by atomic mass is 9.99. The highest BCUT2D eigenvalue weighted by atomic mass is 19.1. The molecule has 0 aliphatic rings. The molecule has 0 aliphatic carbocycles. The summed E-state index contributed by atoms with van der Waals surface area (Å²) in [4.78, 5) is 28.5. The van der Waals surface area contributed by atoms with E-state index in [1.54, 1.807) is 49.8 Å². The molecule has 0 fully saturated rings. The fraction of sp³-hybridized carbons (Fsp3) is 0.0952. The molecule has 3 rings (SSSR count). The second-order valence-electron chi connectivity index (χ2n) is 5.99. The molecule has 3 aromatic rings. The van der Waals surface area contributed by atoms with Crippen LogP contribution in [0.2, 0.25) is 0 Å². The van der Waals surface area contributed by atoms with Gasteiger partial charge in [0, 0.05) is 37.1 Å². The highest BCUT2D eigenvalue weighted by Crippen LogP contribution is 2.26. The van der Waals surface area contributed by atoms with Gasteiger partial charge in [-0.25, -0.2) is 4.39 Å². The predicted molar refractivity (Wildman–Crippen MR) is 102 cm³/mol. The van der Waals surface area contributed by atoms with Gasteiger partial charge in [-0.1, -0.05) is 6.58 Å². The molecule has 0 radical (unpaired) electrons. The van der Waals surface area contributed by atoms with Gasteiger partial charge in [0.05, 0.1) is 5.69 Å². The number of rotatable bonds is 5. The van der Waals surface area contributed by atoms with Crippen LogP contribution in [0, 0.1) is 5.82 Å². The number of hydrogen-bond donors (Lipinski definition) is 1. The molecular formula is C21H18FN3O2. The minimum absolute atomic E-state index is 0.162. The van der Waals surface area contributed by atoms with Gasteiger partial charge in [0.25, 0.3) is 5.56 Å². The molecule has 27 heavy (non-hydrogen) atoms. The maximum Gasteiger partial charge on any atom is 0.258 e. The van der Waals surface area contributed by atoms with Gasteiger partial charge in [-0.05, 0) is 59.7 Å². The van der Waals surface area contributed by atoms with E-state index in [4.69, 9.17) is 0 Å². The van der Waals surface area contributed by atoms with Gasteiger partial charge < -0.3 is 9.88 Å². The molecule has 0 spiro atoms. The third-order valence-corrected chi connectivity index (χ3v) is 4.18. The summed E-state index contributed by atoms with van der Waals surface area (Å²) >= 11 is 0. The van der Waals surface area contributed by atoms with Crippen molar-refractivity contribution >= 4 is 5.91 Å². The molecule has 0 saturated heterocycles. The first kappa shape index (κ1) is 18.3. The van der Waals surface area contributed by atoms with E-state index in [1.807, 2.05) is 0 Å². The van der Waals surface area contributed by atoms with Crippen molar-refractivity contribution in [2.24, 2.45) is 7.05 Å². The van der Waals surface area contributed by atoms with E-state index in [-0.39, 0.29) is 23.8 Å². The van der Waals surface area contributed by atoms with E-state index in [1.165, 1.54) is 22.8 Å². The summed E-state index contributed by atoms with van der Waals surface area (Å²) in [5.41, 5.74) is 3.02. The molecule has 0 atom stereocenters. The largest absolute Gasteiger partial charge is 0.348 e. The predicted octanol–water partition coefficient (Wildman–Crippen LogP) is 3.06. The van der Waals surface area contributed by atoms with Crippen LogP contribution in [0.25, 0.3) is 22.4 Å². The normalized spacial score (nSPS) is 10.4. The Balaban J connectivity index is 2.12. The van der Waals surface area contributed by atoms with Crippen molar-refractivity contribution in [1.82, 2.24) is 14.9 Å². The van der Waals surface area contributed by atoms with Crippen molar-refractivity contribution in [2.45, 2.75) is 6.54 Å². The van der Waals surface area contributed by atoms with Crippen molar-refractivity contribution in [2.75, 3.05) is 0 Å². The summed E-state index contributed by atoms with van der Waals surface area (Å²) in [5.74, 6) is -0.649. The number of aryl methyl sites for hydroxylation is 1. The summed E-state index contributed by atoms with van der Waals surface area (Å²) in [7, 11) is 1.67. The molecule has 5 nitrogen and oxygen atoms in total. The van der Waals surface area contributed by atoms with E-state index in [9.17, 15) is 14.0 Å². The van der Waals surface area contributed by atoms with Crippen LogP contribution in [-0.4, -0.2) is 15.5 Å². The van der Waals surface area contributed by atoms with E-state index < -0.39 is 0 Å². The smallest absolute Gasteiger partial charge is 0.258 e. The molecule has 0 unspecified atom stereocenters. The van der Waals surface area contributed by atoms with E-state index in [0.717, 1.165) is 5.56 Å². The van der Waals surface area contributed by atoms with Gasteiger partial charge in [0.1, 0.15) is 5.82 Å². The van der Waals surface area contributed by atoms with Gasteiger partial charge in [0.15, 0.2) is 0 Å². The van der Waals surface area contributed by atoms with Crippen molar-refractivity contribution in [3.8, 4) is 22.4 Å². The molecule has 2 aromatic heterocycles. The molecule has 136 valence electrons. The fourth-order valence-corrected chi connectivity index (χ4v) is 2.71. The van der Waals surface area contributed by atoms with Crippen molar-refractivity contribution < 1.29 is 9.18 Å². The summed E-state index contributed by atoms with van der Waals surface area (Å²) in [5, 5.41) is 2.70. The second-order valence-corrected chi connectivity index (χ2v) is 5.99.